The number of furan rings is 1. The van der Waals surface area contributed by atoms with Crippen LogP contribution in [0.15, 0.2) is 22.6 Å². The van der Waals surface area contributed by atoms with Crippen LogP contribution in [0.2, 0.25) is 0 Å². The van der Waals surface area contributed by atoms with Gasteiger partial charge in [0.25, 0.3) is 5.91 Å². The Balaban J connectivity index is 2.20. The van der Waals surface area contributed by atoms with Crippen LogP contribution >= 0.6 is 0 Å². The van der Waals surface area contributed by atoms with Gasteiger partial charge < -0.3 is 15.5 Å². The van der Waals surface area contributed by atoms with Crippen molar-refractivity contribution in [3.63, 3.8) is 0 Å². The van der Waals surface area contributed by atoms with E-state index >= 15 is 0 Å². The molecule has 1 atom stereocenters. The summed E-state index contributed by atoms with van der Waals surface area (Å²) in [6.07, 6.45) is 0. The maximum absolute atomic E-state index is 13.4. The summed E-state index contributed by atoms with van der Waals surface area (Å²) in [5.41, 5.74) is 5.27. The summed E-state index contributed by atoms with van der Waals surface area (Å²) >= 11 is 0. The number of carbonyl (C=O) groups is 1. The summed E-state index contributed by atoms with van der Waals surface area (Å²) < 4.78 is 32.1. The Morgan fingerprint density at radius 3 is 2.29 bits per heavy atom. The standard InChI is InChI=1S/C15H16F2N2O2/c1-7-4-11(9(3)21-7)8(2)19-15(20)10-5-12(16)14(18)13(17)6-10/h4-6,8H,18H2,1-3H3,(H,19,20). The van der Waals surface area contributed by atoms with Gasteiger partial charge in [0.1, 0.15) is 28.8 Å². The van der Waals surface area contributed by atoms with E-state index in [1.165, 1.54) is 0 Å². The molecule has 2 aromatic rings. The van der Waals surface area contributed by atoms with Gasteiger partial charge in [-0.15, -0.1) is 0 Å². The fourth-order valence-corrected chi connectivity index (χ4v) is 2.15. The number of amides is 1. The van der Waals surface area contributed by atoms with Gasteiger partial charge in [0.2, 0.25) is 0 Å². The van der Waals surface area contributed by atoms with Crippen LogP contribution < -0.4 is 11.1 Å². The number of aryl methyl sites for hydroxylation is 2. The lowest BCUT2D eigenvalue weighted by Crippen LogP contribution is -2.27. The summed E-state index contributed by atoms with van der Waals surface area (Å²) in [5.74, 6) is -1.08. The van der Waals surface area contributed by atoms with E-state index in [4.69, 9.17) is 10.2 Å². The molecular weight excluding hydrogens is 278 g/mol. The molecule has 1 heterocycles. The first-order valence-corrected chi connectivity index (χ1v) is 6.42. The molecule has 1 amide bonds. The van der Waals surface area contributed by atoms with Gasteiger partial charge in [-0.3, -0.25) is 4.79 Å². The SMILES string of the molecule is Cc1cc(C(C)NC(=O)c2cc(F)c(N)c(F)c2)c(C)o1. The minimum Gasteiger partial charge on any atom is -0.466 e. The Bertz CT molecular complexity index is 672. The zero-order valence-corrected chi connectivity index (χ0v) is 12.0. The number of nitrogens with two attached hydrogens (primary N) is 1. The lowest BCUT2D eigenvalue weighted by molar-refractivity contribution is 0.0939. The van der Waals surface area contributed by atoms with Crippen molar-refractivity contribution in [1.82, 2.24) is 5.32 Å². The fourth-order valence-electron chi connectivity index (χ4n) is 2.15. The van der Waals surface area contributed by atoms with Crippen molar-refractivity contribution >= 4 is 11.6 Å². The van der Waals surface area contributed by atoms with E-state index in [0.717, 1.165) is 23.5 Å². The number of benzene rings is 1. The third-order valence-corrected chi connectivity index (χ3v) is 3.23. The molecule has 0 aliphatic rings. The minimum absolute atomic E-state index is 0.121. The number of halogens is 2. The molecule has 0 bridgehead atoms. The van der Waals surface area contributed by atoms with Crippen LogP contribution in [0.3, 0.4) is 0 Å². The fraction of sp³-hybridized carbons (Fsp3) is 0.267. The van der Waals surface area contributed by atoms with Crippen molar-refractivity contribution in [3.05, 3.63) is 52.5 Å². The van der Waals surface area contributed by atoms with E-state index in [9.17, 15) is 13.6 Å². The minimum atomic E-state index is -0.955. The summed E-state index contributed by atoms with van der Waals surface area (Å²) in [7, 11) is 0. The Hall–Kier alpha value is -2.37. The Labute approximate surface area is 120 Å². The molecule has 3 N–H and O–H groups in total. The number of hydrogen-bond acceptors (Lipinski definition) is 3. The Morgan fingerprint density at radius 1 is 1.24 bits per heavy atom. The number of carbonyl (C=O) groups excluding carboxylic acids is 1. The molecule has 0 aliphatic carbocycles. The summed E-state index contributed by atoms with van der Waals surface area (Å²) in [5, 5.41) is 2.67. The second kappa shape index (κ2) is 5.55. The highest BCUT2D eigenvalue weighted by atomic mass is 19.1. The maximum atomic E-state index is 13.4. The van der Waals surface area contributed by atoms with Crippen LogP contribution in [0, 0.1) is 25.5 Å². The molecule has 1 aromatic carbocycles. The van der Waals surface area contributed by atoms with E-state index in [-0.39, 0.29) is 11.6 Å². The molecule has 2 rings (SSSR count). The lowest BCUT2D eigenvalue weighted by Gasteiger charge is -2.13. The van der Waals surface area contributed by atoms with E-state index in [2.05, 4.69) is 5.32 Å². The number of anilines is 1. The number of rotatable bonds is 3. The second-order valence-electron chi connectivity index (χ2n) is 4.92. The van der Waals surface area contributed by atoms with Crippen molar-refractivity contribution in [2.45, 2.75) is 26.8 Å². The largest absolute Gasteiger partial charge is 0.466 e. The molecule has 0 aliphatic heterocycles. The molecule has 0 spiro atoms. The van der Waals surface area contributed by atoms with E-state index in [1.54, 1.807) is 20.8 Å². The Morgan fingerprint density at radius 2 is 1.81 bits per heavy atom. The van der Waals surface area contributed by atoms with Crippen molar-refractivity contribution in [2.24, 2.45) is 0 Å². The van der Waals surface area contributed by atoms with Gasteiger partial charge in [-0.2, -0.15) is 0 Å². The van der Waals surface area contributed by atoms with Crippen molar-refractivity contribution < 1.29 is 18.0 Å². The van der Waals surface area contributed by atoms with Crippen molar-refractivity contribution in [2.75, 3.05) is 5.73 Å². The number of hydrogen-bond donors (Lipinski definition) is 2. The van der Waals surface area contributed by atoms with Crippen LogP contribution in [0.5, 0.6) is 0 Å². The summed E-state index contributed by atoms with van der Waals surface area (Å²) in [6.45, 7) is 5.35. The normalized spacial score (nSPS) is 12.2. The average molecular weight is 294 g/mol. The number of nitrogens with one attached hydrogen (secondary N) is 1. The van der Waals surface area contributed by atoms with Crippen LogP contribution in [0.1, 0.15) is 40.4 Å². The van der Waals surface area contributed by atoms with Gasteiger partial charge in [-0.25, -0.2) is 8.78 Å². The van der Waals surface area contributed by atoms with Gasteiger partial charge in [0.15, 0.2) is 0 Å². The van der Waals surface area contributed by atoms with E-state index in [1.807, 2.05) is 6.07 Å². The third-order valence-electron chi connectivity index (χ3n) is 3.23. The zero-order valence-electron chi connectivity index (χ0n) is 12.0. The predicted molar refractivity (Wildman–Crippen MR) is 74.8 cm³/mol. The highest BCUT2D eigenvalue weighted by Crippen LogP contribution is 2.22. The molecule has 1 aromatic heterocycles. The molecule has 0 radical (unpaired) electrons. The third kappa shape index (κ3) is 3.04. The van der Waals surface area contributed by atoms with Gasteiger partial charge >= 0.3 is 0 Å². The van der Waals surface area contributed by atoms with Crippen LogP contribution in [-0.4, -0.2) is 5.91 Å². The highest BCUT2D eigenvalue weighted by molar-refractivity contribution is 5.94. The molecule has 1 unspecified atom stereocenters. The molecular formula is C15H16F2N2O2. The zero-order chi connectivity index (χ0) is 15.7. The van der Waals surface area contributed by atoms with E-state index in [0.29, 0.717) is 5.76 Å². The van der Waals surface area contributed by atoms with Gasteiger partial charge in [0.05, 0.1) is 6.04 Å². The number of nitrogen functional groups attached to an aromatic ring is 1. The van der Waals surface area contributed by atoms with Gasteiger partial charge in [-0.05, 0) is 39.0 Å². The first-order valence-electron chi connectivity index (χ1n) is 6.42. The van der Waals surface area contributed by atoms with Gasteiger partial charge in [-0.1, -0.05) is 0 Å². The summed E-state index contributed by atoms with van der Waals surface area (Å²) in [6, 6.07) is 3.28. The van der Waals surface area contributed by atoms with Crippen LogP contribution in [-0.2, 0) is 0 Å². The molecule has 0 saturated carbocycles. The molecule has 4 nitrogen and oxygen atoms in total. The van der Waals surface area contributed by atoms with Crippen molar-refractivity contribution in [1.29, 1.82) is 0 Å². The van der Waals surface area contributed by atoms with Crippen LogP contribution in [0.25, 0.3) is 0 Å². The highest BCUT2D eigenvalue weighted by Gasteiger charge is 2.18. The first-order chi connectivity index (χ1) is 9.79. The van der Waals surface area contributed by atoms with Gasteiger partial charge in [0, 0.05) is 11.1 Å². The lowest BCUT2D eigenvalue weighted by atomic mass is 10.1. The molecule has 6 heteroatoms. The van der Waals surface area contributed by atoms with Crippen molar-refractivity contribution in [3.8, 4) is 0 Å². The summed E-state index contributed by atoms with van der Waals surface area (Å²) in [4.78, 5) is 12.0. The molecule has 21 heavy (non-hydrogen) atoms. The topological polar surface area (TPSA) is 68.3 Å². The van der Waals surface area contributed by atoms with Crippen LogP contribution in [0.4, 0.5) is 14.5 Å². The Kier molecular flexibility index (Phi) is 3.97. The maximum Gasteiger partial charge on any atom is 0.251 e. The molecule has 0 fully saturated rings. The second-order valence-corrected chi connectivity index (χ2v) is 4.92. The molecule has 0 saturated heterocycles. The first kappa shape index (κ1) is 15.0. The quantitative estimate of drug-likeness (QED) is 0.854. The predicted octanol–water partition coefficient (Wildman–Crippen LogP) is 3.25. The molecule has 112 valence electrons. The van der Waals surface area contributed by atoms with E-state index < -0.39 is 23.2 Å². The monoisotopic (exact) mass is 294 g/mol. The smallest absolute Gasteiger partial charge is 0.251 e. The average Bonchev–Trinajstić information content (AvgIpc) is 2.74.